The Morgan fingerprint density at radius 3 is 2.95 bits per heavy atom. The molecule has 1 N–H and O–H groups in total. The molecule has 1 saturated heterocycles. The second-order valence-corrected chi connectivity index (χ2v) is 5.72. The highest BCUT2D eigenvalue weighted by Crippen LogP contribution is 2.16. The molecule has 106 valence electrons. The molecule has 2 rings (SSSR count). The molecule has 0 radical (unpaired) electrons. The number of likely N-dealkylation sites (tertiary alicyclic amines) is 1. The molecule has 19 heavy (non-hydrogen) atoms. The zero-order valence-corrected chi connectivity index (χ0v) is 12.4. The van der Waals surface area contributed by atoms with Crippen molar-refractivity contribution in [2.75, 3.05) is 20.1 Å². The monoisotopic (exact) mass is 262 g/mol. The van der Waals surface area contributed by atoms with Crippen LogP contribution in [0.1, 0.15) is 32.3 Å². The first kappa shape index (κ1) is 14.4. The highest BCUT2D eigenvalue weighted by molar-refractivity contribution is 5.28. The van der Waals surface area contributed by atoms with Gasteiger partial charge in [0.05, 0.1) is 6.10 Å². The van der Waals surface area contributed by atoms with Crippen LogP contribution in [0.4, 0.5) is 0 Å². The molecule has 0 bridgehead atoms. The summed E-state index contributed by atoms with van der Waals surface area (Å²) in [6.45, 7) is 7.34. The third-order valence-corrected chi connectivity index (χ3v) is 3.65. The van der Waals surface area contributed by atoms with Crippen LogP contribution < -0.4 is 10.1 Å². The summed E-state index contributed by atoms with van der Waals surface area (Å²) in [7, 11) is 2.22. The molecular weight excluding hydrogens is 236 g/mol. The second-order valence-electron chi connectivity index (χ2n) is 5.72. The first-order valence-electron chi connectivity index (χ1n) is 7.31. The molecule has 1 atom stereocenters. The summed E-state index contributed by atoms with van der Waals surface area (Å²) in [5.41, 5.74) is 1.29. The quantitative estimate of drug-likeness (QED) is 0.853. The lowest BCUT2D eigenvalue weighted by Crippen LogP contribution is -2.35. The first-order valence-corrected chi connectivity index (χ1v) is 7.31. The number of ether oxygens (including phenoxy) is 1. The maximum Gasteiger partial charge on any atom is 0.120 e. The Kier molecular flexibility index (Phi) is 5.23. The molecule has 1 aromatic carbocycles. The molecule has 1 heterocycles. The normalized spacial score (nSPS) is 20.1. The topological polar surface area (TPSA) is 24.5 Å². The van der Waals surface area contributed by atoms with Crippen LogP contribution in [0.3, 0.4) is 0 Å². The minimum Gasteiger partial charge on any atom is -0.491 e. The van der Waals surface area contributed by atoms with Gasteiger partial charge < -0.3 is 15.0 Å². The van der Waals surface area contributed by atoms with Gasteiger partial charge in [-0.2, -0.15) is 0 Å². The number of likely N-dealkylation sites (N-methyl/N-ethyl adjacent to an activating group) is 1. The van der Waals surface area contributed by atoms with Crippen molar-refractivity contribution in [3.05, 3.63) is 29.8 Å². The average Bonchev–Trinajstić information content (AvgIpc) is 2.75. The van der Waals surface area contributed by atoms with Gasteiger partial charge in [-0.25, -0.2) is 0 Å². The standard InChI is InChI=1S/C16H26N2O/c1-13(2)19-16-8-4-6-14(10-16)11-17-12-15-7-5-9-18(15)3/h4,6,8,10,13,15,17H,5,7,9,11-12H2,1-3H3. The largest absolute Gasteiger partial charge is 0.491 e. The van der Waals surface area contributed by atoms with E-state index < -0.39 is 0 Å². The third kappa shape index (κ3) is 4.51. The van der Waals surface area contributed by atoms with E-state index in [0.29, 0.717) is 6.04 Å². The van der Waals surface area contributed by atoms with Crippen LogP contribution in [-0.2, 0) is 6.54 Å². The molecule has 0 saturated carbocycles. The Balaban J connectivity index is 1.79. The fourth-order valence-corrected chi connectivity index (χ4v) is 2.62. The van der Waals surface area contributed by atoms with Crippen molar-refractivity contribution < 1.29 is 4.74 Å². The van der Waals surface area contributed by atoms with E-state index in [1.54, 1.807) is 0 Å². The van der Waals surface area contributed by atoms with E-state index in [1.165, 1.54) is 24.9 Å². The lowest BCUT2D eigenvalue weighted by molar-refractivity contribution is 0.242. The lowest BCUT2D eigenvalue weighted by Gasteiger charge is -2.19. The highest BCUT2D eigenvalue weighted by atomic mass is 16.5. The number of hydrogen-bond acceptors (Lipinski definition) is 3. The predicted molar refractivity (Wildman–Crippen MR) is 79.6 cm³/mol. The van der Waals surface area contributed by atoms with Crippen LogP contribution in [0.25, 0.3) is 0 Å². The van der Waals surface area contributed by atoms with E-state index in [-0.39, 0.29) is 6.10 Å². The van der Waals surface area contributed by atoms with Crippen LogP contribution >= 0.6 is 0 Å². The highest BCUT2D eigenvalue weighted by Gasteiger charge is 2.19. The van der Waals surface area contributed by atoms with Crippen molar-refractivity contribution >= 4 is 0 Å². The van der Waals surface area contributed by atoms with Crippen LogP contribution in [0.5, 0.6) is 5.75 Å². The van der Waals surface area contributed by atoms with Crippen molar-refractivity contribution in [2.45, 2.75) is 45.4 Å². The second kappa shape index (κ2) is 6.92. The summed E-state index contributed by atoms with van der Waals surface area (Å²) in [5.74, 6) is 0.965. The van der Waals surface area contributed by atoms with Crippen LogP contribution in [0.15, 0.2) is 24.3 Å². The van der Waals surface area contributed by atoms with Gasteiger partial charge in [-0.1, -0.05) is 12.1 Å². The van der Waals surface area contributed by atoms with Gasteiger partial charge in [0.1, 0.15) is 5.75 Å². The molecular formula is C16H26N2O. The van der Waals surface area contributed by atoms with Crippen molar-refractivity contribution in [2.24, 2.45) is 0 Å². The van der Waals surface area contributed by atoms with Gasteiger partial charge >= 0.3 is 0 Å². The number of rotatable bonds is 6. The van der Waals surface area contributed by atoms with Gasteiger partial charge in [-0.05, 0) is 58.0 Å². The molecule has 0 aliphatic carbocycles. The molecule has 1 aliphatic rings. The molecule has 0 amide bonds. The Bertz CT molecular complexity index is 392. The summed E-state index contributed by atoms with van der Waals surface area (Å²) in [6.07, 6.45) is 2.89. The minimum absolute atomic E-state index is 0.232. The van der Waals surface area contributed by atoms with Gasteiger partial charge in [-0.15, -0.1) is 0 Å². The summed E-state index contributed by atoms with van der Waals surface area (Å²) in [6, 6.07) is 9.07. The zero-order chi connectivity index (χ0) is 13.7. The van der Waals surface area contributed by atoms with Crippen molar-refractivity contribution in [3.63, 3.8) is 0 Å². The number of hydrogen-bond donors (Lipinski definition) is 1. The van der Waals surface area contributed by atoms with Crippen LogP contribution in [0, 0.1) is 0 Å². The summed E-state index contributed by atoms with van der Waals surface area (Å²) >= 11 is 0. The Labute approximate surface area is 116 Å². The number of benzene rings is 1. The fraction of sp³-hybridized carbons (Fsp3) is 0.625. The predicted octanol–water partition coefficient (Wildman–Crippen LogP) is 2.66. The molecule has 3 heteroatoms. The molecule has 1 unspecified atom stereocenters. The van der Waals surface area contributed by atoms with Gasteiger partial charge in [-0.3, -0.25) is 0 Å². The lowest BCUT2D eigenvalue weighted by atomic mass is 10.2. The van der Waals surface area contributed by atoms with E-state index in [4.69, 9.17) is 4.74 Å². The molecule has 3 nitrogen and oxygen atoms in total. The molecule has 1 fully saturated rings. The van der Waals surface area contributed by atoms with E-state index in [9.17, 15) is 0 Å². The summed E-state index contributed by atoms with van der Waals surface area (Å²) < 4.78 is 5.72. The first-order chi connectivity index (χ1) is 9.15. The SMILES string of the molecule is CC(C)Oc1cccc(CNCC2CCCN2C)c1. The van der Waals surface area contributed by atoms with E-state index in [0.717, 1.165) is 18.8 Å². The Morgan fingerprint density at radius 2 is 2.26 bits per heavy atom. The van der Waals surface area contributed by atoms with Crippen LogP contribution in [-0.4, -0.2) is 37.2 Å². The van der Waals surface area contributed by atoms with Gasteiger partial charge in [0, 0.05) is 19.1 Å². The summed E-state index contributed by atoms with van der Waals surface area (Å²) in [4.78, 5) is 2.45. The smallest absolute Gasteiger partial charge is 0.120 e. The molecule has 0 aromatic heterocycles. The number of nitrogens with one attached hydrogen (secondary N) is 1. The molecule has 1 aliphatic heterocycles. The van der Waals surface area contributed by atoms with E-state index in [1.807, 2.05) is 6.07 Å². The minimum atomic E-state index is 0.232. The fourth-order valence-electron chi connectivity index (χ4n) is 2.62. The Hall–Kier alpha value is -1.06. The van der Waals surface area contributed by atoms with Crippen molar-refractivity contribution in [1.29, 1.82) is 0 Å². The average molecular weight is 262 g/mol. The zero-order valence-electron chi connectivity index (χ0n) is 12.4. The number of nitrogens with zero attached hydrogens (tertiary/aromatic N) is 1. The van der Waals surface area contributed by atoms with E-state index >= 15 is 0 Å². The maximum atomic E-state index is 5.72. The van der Waals surface area contributed by atoms with Crippen LogP contribution in [0.2, 0.25) is 0 Å². The van der Waals surface area contributed by atoms with Gasteiger partial charge in [0.2, 0.25) is 0 Å². The molecule has 0 spiro atoms. The summed E-state index contributed by atoms with van der Waals surface area (Å²) in [5, 5.41) is 3.56. The van der Waals surface area contributed by atoms with Crippen molar-refractivity contribution in [1.82, 2.24) is 10.2 Å². The van der Waals surface area contributed by atoms with Gasteiger partial charge in [0.25, 0.3) is 0 Å². The Morgan fingerprint density at radius 1 is 1.42 bits per heavy atom. The third-order valence-electron chi connectivity index (χ3n) is 3.65. The maximum absolute atomic E-state index is 5.72. The van der Waals surface area contributed by atoms with E-state index in [2.05, 4.69) is 49.3 Å². The van der Waals surface area contributed by atoms with Gasteiger partial charge in [0.15, 0.2) is 0 Å². The molecule has 1 aromatic rings. The van der Waals surface area contributed by atoms with Crippen molar-refractivity contribution in [3.8, 4) is 5.75 Å².